The predicted molar refractivity (Wildman–Crippen MR) is 139 cm³/mol. The van der Waals surface area contributed by atoms with E-state index in [-0.39, 0.29) is 26.2 Å². The number of ether oxygens (including phenoxy) is 1. The number of benzene rings is 3. The van der Waals surface area contributed by atoms with Crippen molar-refractivity contribution < 1.29 is 39.7 Å². The van der Waals surface area contributed by atoms with Crippen LogP contribution in [-0.2, 0) is 22.7 Å². The topological polar surface area (TPSA) is 75.6 Å². The zero-order valence-corrected chi connectivity index (χ0v) is 21.7. The van der Waals surface area contributed by atoms with Crippen molar-refractivity contribution in [2.75, 3.05) is 12.0 Å². The second-order valence-electron chi connectivity index (χ2n) is 8.32. The minimum Gasteiger partial charge on any atom is -1.00 e. The molecule has 0 aliphatic heterocycles. The smallest absolute Gasteiger partial charge is 1.00 e. The number of carbonyl (C=O) groups is 2. The van der Waals surface area contributed by atoms with E-state index in [9.17, 15) is 14.7 Å². The van der Waals surface area contributed by atoms with Gasteiger partial charge in [-0.05, 0) is 72.2 Å². The van der Waals surface area contributed by atoms with Crippen LogP contribution in [0.25, 0.3) is 11.1 Å². The molecule has 0 aliphatic rings. The van der Waals surface area contributed by atoms with Gasteiger partial charge < -0.3 is 16.6 Å². The van der Waals surface area contributed by atoms with Gasteiger partial charge in [0.25, 0.3) is 5.91 Å². The number of hydrogen-bond donors (Lipinski definition) is 2. The third-order valence-corrected chi connectivity index (χ3v) is 6.28. The molecule has 0 saturated carbocycles. The first-order chi connectivity index (χ1) is 16.4. The third-order valence-electron chi connectivity index (χ3n) is 5.64. The van der Waals surface area contributed by atoms with E-state index in [4.69, 9.17) is 4.74 Å². The number of aliphatic carboxylic acids is 1. The van der Waals surface area contributed by atoms with Gasteiger partial charge in [-0.15, -0.1) is 0 Å². The maximum Gasteiger partial charge on any atom is 1.00 e. The number of amides is 1. The van der Waals surface area contributed by atoms with E-state index in [1.165, 1.54) is 5.56 Å². The largest absolute Gasteiger partial charge is 1.00 e. The summed E-state index contributed by atoms with van der Waals surface area (Å²) in [6, 6.07) is 20.7. The number of thioether (sulfide) groups is 1. The fourth-order valence-corrected chi connectivity index (χ4v) is 4.15. The SMILES string of the molecule is CSCC[C@H](NC(=O)c1ccc(COCc2ccc(C)cc2)cc1-c1ccccc1C)C(=O)O.[H-].[Li+]. The van der Waals surface area contributed by atoms with Gasteiger partial charge in [0.15, 0.2) is 0 Å². The molecule has 0 aromatic heterocycles. The molecule has 2 N–H and O–H groups in total. The van der Waals surface area contributed by atoms with Gasteiger partial charge in [-0.1, -0.05) is 60.2 Å². The van der Waals surface area contributed by atoms with Gasteiger partial charge >= 0.3 is 24.8 Å². The van der Waals surface area contributed by atoms with Gasteiger partial charge in [0, 0.05) is 5.56 Å². The zero-order valence-electron chi connectivity index (χ0n) is 21.8. The summed E-state index contributed by atoms with van der Waals surface area (Å²) >= 11 is 1.55. The van der Waals surface area contributed by atoms with Gasteiger partial charge in [-0.3, -0.25) is 4.79 Å². The molecular weight excluding hydrogens is 453 g/mol. The fourth-order valence-electron chi connectivity index (χ4n) is 3.68. The van der Waals surface area contributed by atoms with Crippen LogP contribution in [0.3, 0.4) is 0 Å². The summed E-state index contributed by atoms with van der Waals surface area (Å²) in [5.41, 5.74) is 6.44. The van der Waals surface area contributed by atoms with Crippen molar-refractivity contribution in [3.05, 3.63) is 94.5 Å². The van der Waals surface area contributed by atoms with E-state index >= 15 is 0 Å². The van der Waals surface area contributed by atoms with Gasteiger partial charge in [0.2, 0.25) is 0 Å². The summed E-state index contributed by atoms with van der Waals surface area (Å²) in [7, 11) is 0. The average Bonchev–Trinajstić information content (AvgIpc) is 2.83. The van der Waals surface area contributed by atoms with Crippen LogP contribution in [0.4, 0.5) is 0 Å². The van der Waals surface area contributed by atoms with Crippen molar-refractivity contribution >= 4 is 23.6 Å². The van der Waals surface area contributed by atoms with E-state index in [0.29, 0.717) is 31.0 Å². The van der Waals surface area contributed by atoms with Crippen LogP contribution in [0.15, 0.2) is 66.7 Å². The molecule has 0 spiro atoms. The molecule has 1 atom stereocenters. The number of hydrogen-bond acceptors (Lipinski definition) is 4. The first kappa shape index (κ1) is 28.7. The molecule has 3 rings (SSSR count). The Morgan fingerprint density at radius 3 is 2.29 bits per heavy atom. The molecule has 5 nitrogen and oxygen atoms in total. The Balaban J connectivity index is 0.00000324. The van der Waals surface area contributed by atoms with Crippen molar-refractivity contribution in [1.82, 2.24) is 5.32 Å². The second-order valence-corrected chi connectivity index (χ2v) is 9.30. The maximum atomic E-state index is 13.2. The molecule has 7 heteroatoms. The quantitative estimate of drug-likeness (QED) is 0.409. The number of aryl methyl sites for hydroxylation is 2. The molecule has 3 aromatic rings. The molecule has 0 unspecified atom stereocenters. The molecule has 1 amide bonds. The predicted octanol–water partition coefficient (Wildman–Crippen LogP) is 2.74. The monoisotopic (exact) mass is 485 g/mol. The van der Waals surface area contributed by atoms with Crippen molar-refractivity contribution in [2.45, 2.75) is 39.5 Å². The van der Waals surface area contributed by atoms with E-state index in [0.717, 1.165) is 27.8 Å². The molecule has 0 radical (unpaired) electrons. The Labute approximate surface area is 225 Å². The van der Waals surface area contributed by atoms with Crippen LogP contribution < -0.4 is 24.2 Å². The molecule has 0 bridgehead atoms. The molecule has 0 saturated heterocycles. The summed E-state index contributed by atoms with van der Waals surface area (Å²) in [6.45, 7) is 4.95. The van der Waals surface area contributed by atoms with Gasteiger partial charge in [-0.2, -0.15) is 11.8 Å². The minimum atomic E-state index is -1.03. The summed E-state index contributed by atoms with van der Waals surface area (Å²) in [5.74, 6) is -0.765. The van der Waals surface area contributed by atoms with Crippen LogP contribution in [-0.4, -0.2) is 35.0 Å². The van der Waals surface area contributed by atoms with Gasteiger partial charge in [0.1, 0.15) is 6.04 Å². The Hall–Kier alpha value is -2.49. The van der Waals surface area contributed by atoms with E-state index in [1.807, 2.05) is 49.6 Å². The number of nitrogens with one attached hydrogen (secondary N) is 1. The molecule has 35 heavy (non-hydrogen) atoms. The average molecular weight is 486 g/mol. The van der Waals surface area contributed by atoms with Crippen LogP contribution >= 0.6 is 11.8 Å². The van der Waals surface area contributed by atoms with E-state index in [2.05, 4.69) is 36.5 Å². The van der Waals surface area contributed by atoms with Crippen molar-refractivity contribution in [3.63, 3.8) is 0 Å². The fraction of sp³-hybridized carbons (Fsp3) is 0.286. The Morgan fingerprint density at radius 1 is 0.971 bits per heavy atom. The summed E-state index contributed by atoms with van der Waals surface area (Å²) < 4.78 is 5.93. The number of carboxylic acid groups (broad SMARTS) is 1. The van der Waals surface area contributed by atoms with Crippen LogP contribution in [0.2, 0.25) is 0 Å². The van der Waals surface area contributed by atoms with Crippen molar-refractivity contribution in [2.24, 2.45) is 0 Å². The van der Waals surface area contributed by atoms with Crippen molar-refractivity contribution in [3.8, 4) is 11.1 Å². The number of carboxylic acids is 1. The summed E-state index contributed by atoms with van der Waals surface area (Å²) in [4.78, 5) is 24.8. The molecular formula is C28H32LiNO4S. The Morgan fingerprint density at radius 2 is 1.63 bits per heavy atom. The number of carbonyl (C=O) groups excluding carboxylic acids is 1. The van der Waals surface area contributed by atoms with Crippen LogP contribution in [0.5, 0.6) is 0 Å². The van der Waals surface area contributed by atoms with Gasteiger partial charge in [0.05, 0.1) is 13.2 Å². The summed E-state index contributed by atoms with van der Waals surface area (Å²) in [6.07, 6.45) is 2.28. The van der Waals surface area contributed by atoms with Crippen LogP contribution in [0, 0.1) is 13.8 Å². The van der Waals surface area contributed by atoms with Crippen molar-refractivity contribution in [1.29, 1.82) is 0 Å². The molecule has 3 aromatic carbocycles. The van der Waals surface area contributed by atoms with Gasteiger partial charge in [-0.25, -0.2) is 4.79 Å². The second kappa shape index (κ2) is 14.2. The van der Waals surface area contributed by atoms with E-state index in [1.54, 1.807) is 17.8 Å². The number of rotatable bonds is 11. The first-order valence-corrected chi connectivity index (χ1v) is 12.6. The standard InChI is InChI=1S/C28H31NO4S.Li.H/c1-19-8-10-21(11-9-19)17-33-18-22-12-13-24(25(16-22)23-7-5-4-6-20(23)2)27(30)29-26(28(31)32)14-15-34-3;;/h4-13,16,26H,14-15,17-18H2,1-3H3,(H,29,30)(H,31,32);;/q;+1;-1/t26-;;/m0../s1. The molecule has 0 fully saturated rings. The first-order valence-electron chi connectivity index (χ1n) is 11.2. The Kier molecular flexibility index (Phi) is 11.6. The zero-order chi connectivity index (χ0) is 24.5. The normalized spacial score (nSPS) is 11.4. The molecule has 0 heterocycles. The summed E-state index contributed by atoms with van der Waals surface area (Å²) in [5, 5.41) is 12.2. The third kappa shape index (κ3) is 8.30. The van der Waals surface area contributed by atoms with Crippen LogP contribution in [0.1, 0.15) is 40.5 Å². The minimum absolute atomic E-state index is 0. The Bertz CT molecular complexity index is 1140. The maximum absolute atomic E-state index is 13.2. The van der Waals surface area contributed by atoms with E-state index < -0.39 is 12.0 Å². The molecule has 0 aliphatic carbocycles. The molecule has 180 valence electrons.